The second-order valence-corrected chi connectivity index (χ2v) is 8.46. The smallest absolute Gasteiger partial charge is 0.255 e. The standard InChI is InChI=1S/C27H39F2NO/c1-3-5-7-9-10-11-13-22-15-17-23(18-16-22)25-19-20-26(27(29)30-25)31-21-24(28)14-12-8-6-4-2/h15-20,24H,3-14,21H2,1-2H3. The predicted octanol–water partition coefficient (Wildman–Crippen LogP) is 8.48. The molecule has 0 radical (unpaired) electrons. The van der Waals surface area contributed by atoms with Crippen LogP contribution in [0.2, 0.25) is 0 Å². The van der Waals surface area contributed by atoms with Crippen molar-refractivity contribution in [3.63, 3.8) is 0 Å². The number of hydrogen-bond acceptors (Lipinski definition) is 2. The van der Waals surface area contributed by atoms with Crippen LogP contribution < -0.4 is 4.74 Å². The minimum atomic E-state index is -1.07. The summed E-state index contributed by atoms with van der Waals surface area (Å²) >= 11 is 0. The highest BCUT2D eigenvalue weighted by Gasteiger charge is 2.12. The third-order valence-electron chi connectivity index (χ3n) is 5.67. The SMILES string of the molecule is CCCCCCCCc1ccc(-c2ccc(OCC(F)CCCCCC)c(F)n2)cc1. The van der Waals surface area contributed by atoms with Crippen LogP contribution in [0.1, 0.15) is 90.0 Å². The van der Waals surface area contributed by atoms with Crippen molar-refractivity contribution >= 4 is 0 Å². The molecule has 1 aromatic heterocycles. The van der Waals surface area contributed by atoms with Crippen LogP contribution in [0.4, 0.5) is 8.78 Å². The molecular formula is C27H39F2NO. The Hall–Kier alpha value is -1.97. The lowest BCUT2D eigenvalue weighted by Gasteiger charge is -2.11. The minimum Gasteiger partial charge on any atom is -0.486 e. The van der Waals surface area contributed by atoms with Gasteiger partial charge in [0.05, 0.1) is 5.69 Å². The molecule has 0 aliphatic rings. The van der Waals surface area contributed by atoms with Crippen molar-refractivity contribution in [2.24, 2.45) is 0 Å². The molecule has 0 fully saturated rings. The van der Waals surface area contributed by atoms with Gasteiger partial charge < -0.3 is 4.74 Å². The average Bonchev–Trinajstić information content (AvgIpc) is 2.78. The molecule has 0 aliphatic carbocycles. The maximum absolute atomic E-state index is 14.4. The zero-order valence-corrected chi connectivity index (χ0v) is 19.3. The molecule has 2 aromatic rings. The second-order valence-electron chi connectivity index (χ2n) is 8.46. The molecule has 172 valence electrons. The number of benzene rings is 1. The van der Waals surface area contributed by atoms with Gasteiger partial charge in [-0.3, -0.25) is 0 Å². The Morgan fingerprint density at radius 1 is 0.806 bits per heavy atom. The van der Waals surface area contributed by atoms with Gasteiger partial charge in [-0.2, -0.15) is 4.39 Å². The van der Waals surface area contributed by atoms with Crippen molar-refractivity contribution in [2.45, 2.75) is 97.1 Å². The third kappa shape index (κ3) is 9.80. The second kappa shape index (κ2) is 14.9. The lowest BCUT2D eigenvalue weighted by atomic mass is 10.0. The summed E-state index contributed by atoms with van der Waals surface area (Å²) in [6.07, 6.45) is 12.3. The van der Waals surface area contributed by atoms with E-state index in [9.17, 15) is 8.78 Å². The number of aryl methyl sites for hydroxylation is 1. The third-order valence-corrected chi connectivity index (χ3v) is 5.67. The van der Waals surface area contributed by atoms with E-state index >= 15 is 0 Å². The van der Waals surface area contributed by atoms with Gasteiger partial charge in [-0.05, 0) is 37.0 Å². The van der Waals surface area contributed by atoms with Crippen LogP contribution in [0.5, 0.6) is 5.75 Å². The number of nitrogens with zero attached hydrogens (tertiary/aromatic N) is 1. The molecule has 1 heterocycles. The van der Waals surface area contributed by atoms with E-state index in [0.717, 1.165) is 37.7 Å². The summed E-state index contributed by atoms with van der Waals surface area (Å²) in [6, 6.07) is 11.4. The number of rotatable bonds is 16. The van der Waals surface area contributed by atoms with Crippen molar-refractivity contribution in [3.05, 3.63) is 47.9 Å². The first-order valence-corrected chi connectivity index (χ1v) is 12.2. The number of pyridine rings is 1. The van der Waals surface area contributed by atoms with Gasteiger partial charge in [-0.1, -0.05) is 95.9 Å². The molecule has 0 saturated carbocycles. The van der Waals surface area contributed by atoms with Crippen molar-refractivity contribution in [3.8, 4) is 17.0 Å². The van der Waals surface area contributed by atoms with Gasteiger partial charge in [0.15, 0.2) is 5.75 Å². The largest absolute Gasteiger partial charge is 0.486 e. The van der Waals surface area contributed by atoms with E-state index in [1.807, 2.05) is 12.1 Å². The number of alkyl halides is 1. The minimum absolute atomic E-state index is 0.0136. The summed E-state index contributed by atoms with van der Waals surface area (Å²) in [4.78, 5) is 4.03. The summed E-state index contributed by atoms with van der Waals surface area (Å²) in [5.41, 5.74) is 2.73. The fourth-order valence-electron chi connectivity index (χ4n) is 3.70. The van der Waals surface area contributed by atoms with Crippen LogP contribution in [0.25, 0.3) is 11.3 Å². The molecule has 1 atom stereocenters. The lowest BCUT2D eigenvalue weighted by molar-refractivity contribution is 0.178. The van der Waals surface area contributed by atoms with Gasteiger partial charge in [0, 0.05) is 5.56 Å². The van der Waals surface area contributed by atoms with E-state index in [2.05, 4.69) is 31.0 Å². The average molecular weight is 432 g/mol. The molecule has 1 unspecified atom stereocenters. The van der Waals surface area contributed by atoms with Crippen molar-refractivity contribution in [1.82, 2.24) is 4.98 Å². The van der Waals surface area contributed by atoms with Gasteiger partial charge in [0.2, 0.25) is 0 Å². The number of halogens is 2. The highest BCUT2D eigenvalue weighted by molar-refractivity contribution is 5.59. The zero-order valence-electron chi connectivity index (χ0n) is 19.3. The van der Waals surface area contributed by atoms with Gasteiger partial charge in [0.25, 0.3) is 5.95 Å². The molecule has 0 N–H and O–H groups in total. The number of aromatic nitrogens is 1. The maximum Gasteiger partial charge on any atom is 0.255 e. The summed E-state index contributed by atoms with van der Waals surface area (Å²) in [6.45, 7) is 4.23. The van der Waals surface area contributed by atoms with E-state index in [1.165, 1.54) is 44.1 Å². The Morgan fingerprint density at radius 2 is 1.45 bits per heavy atom. The van der Waals surface area contributed by atoms with Crippen molar-refractivity contribution in [1.29, 1.82) is 0 Å². The normalized spacial score (nSPS) is 12.1. The predicted molar refractivity (Wildman–Crippen MR) is 126 cm³/mol. The number of hydrogen-bond donors (Lipinski definition) is 0. The fourth-order valence-corrected chi connectivity index (χ4v) is 3.70. The van der Waals surface area contributed by atoms with E-state index < -0.39 is 12.1 Å². The van der Waals surface area contributed by atoms with Crippen LogP contribution in [-0.4, -0.2) is 17.8 Å². The monoisotopic (exact) mass is 431 g/mol. The Morgan fingerprint density at radius 3 is 2.13 bits per heavy atom. The van der Waals surface area contributed by atoms with E-state index in [1.54, 1.807) is 12.1 Å². The van der Waals surface area contributed by atoms with Gasteiger partial charge in [0.1, 0.15) is 12.8 Å². The maximum atomic E-state index is 14.4. The van der Waals surface area contributed by atoms with Crippen LogP contribution in [0.3, 0.4) is 0 Å². The van der Waals surface area contributed by atoms with Crippen LogP contribution >= 0.6 is 0 Å². The quantitative estimate of drug-likeness (QED) is 0.196. The van der Waals surface area contributed by atoms with Crippen LogP contribution in [0.15, 0.2) is 36.4 Å². The summed E-state index contributed by atoms with van der Waals surface area (Å²) in [5, 5.41) is 0. The van der Waals surface area contributed by atoms with E-state index in [0.29, 0.717) is 12.1 Å². The highest BCUT2D eigenvalue weighted by atomic mass is 19.1. The van der Waals surface area contributed by atoms with Gasteiger partial charge >= 0.3 is 0 Å². The molecule has 2 nitrogen and oxygen atoms in total. The molecule has 1 aromatic carbocycles. The Labute approximate surface area is 187 Å². The highest BCUT2D eigenvalue weighted by Crippen LogP contribution is 2.24. The zero-order chi connectivity index (χ0) is 22.3. The molecule has 0 amide bonds. The summed E-state index contributed by atoms with van der Waals surface area (Å²) < 4.78 is 33.6. The number of ether oxygens (including phenoxy) is 1. The van der Waals surface area contributed by atoms with E-state index in [-0.39, 0.29) is 12.4 Å². The summed E-state index contributed by atoms with van der Waals surface area (Å²) in [7, 11) is 0. The Balaban J connectivity index is 1.79. The first kappa shape index (κ1) is 25.3. The molecule has 0 aliphatic heterocycles. The van der Waals surface area contributed by atoms with E-state index in [4.69, 9.17) is 4.74 Å². The van der Waals surface area contributed by atoms with Crippen molar-refractivity contribution in [2.75, 3.05) is 6.61 Å². The molecule has 0 bridgehead atoms. The summed E-state index contributed by atoms with van der Waals surface area (Å²) in [5.74, 6) is -0.675. The fraction of sp³-hybridized carbons (Fsp3) is 0.593. The van der Waals surface area contributed by atoms with Crippen molar-refractivity contribution < 1.29 is 13.5 Å². The first-order chi connectivity index (χ1) is 15.1. The Bertz CT molecular complexity index is 733. The van der Waals surface area contributed by atoms with Crippen LogP contribution in [0, 0.1) is 5.95 Å². The van der Waals surface area contributed by atoms with Gasteiger partial charge in [-0.25, -0.2) is 9.37 Å². The first-order valence-electron chi connectivity index (χ1n) is 12.2. The lowest BCUT2D eigenvalue weighted by Crippen LogP contribution is -2.13. The molecule has 31 heavy (non-hydrogen) atoms. The topological polar surface area (TPSA) is 22.1 Å². The molecular weight excluding hydrogens is 392 g/mol. The van der Waals surface area contributed by atoms with Crippen LogP contribution in [-0.2, 0) is 6.42 Å². The molecule has 0 saturated heterocycles. The molecule has 0 spiro atoms. The molecule has 4 heteroatoms. The Kier molecular flexibility index (Phi) is 12.2. The van der Waals surface area contributed by atoms with Gasteiger partial charge in [-0.15, -0.1) is 0 Å². The molecule has 2 rings (SSSR count). The number of unbranched alkanes of at least 4 members (excludes halogenated alkanes) is 8.